The number of aliphatic imine (C=N–C) groups is 1. The molecule has 6 heteroatoms. The zero-order chi connectivity index (χ0) is 18.2. The quantitative estimate of drug-likeness (QED) is 0.645. The molecule has 0 radical (unpaired) electrons. The van der Waals surface area contributed by atoms with Crippen molar-refractivity contribution in [2.45, 2.75) is 45.2 Å². The number of nitrogens with one attached hydrogen (secondary N) is 1. The maximum absolute atomic E-state index is 12.4. The Balaban J connectivity index is 1.80. The van der Waals surface area contributed by atoms with Gasteiger partial charge in [-0.05, 0) is 43.9 Å². The summed E-state index contributed by atoms with van der Waals surface area (Å²) in [6.45, 7) is 4.33. The highest BCUT2D eigenvalue weighted by atomic mass is 35.5. The Morgan fingerprint density at radius 3 is 2.92 bits per heavy atom. The highest BCUT2D eigenvalue weighted by Crippen LogP contribution is 2.17. The summed E-state index contributed by atoms with van der Waals surface area (Å²) in [5.41, 5.74) is 1.12. The largest absolute Gasteiger partial charge is 0.356 e. The van der Waals surface area contributed by atoms with E-state index in [9.17, 15) is 4.79 Å². The fraction of sp³-hybridized carbons (Fsp3) is 0.579. The van der Waals surface area contributed by atoms with Gasteiger partial charge < -0.3 is 15.1 Å². The van der Waals surface area contributed by atoms with Crippen molar-refractivity contribution in [3.05, 3.63) is 34.9 Å². The average Bonchev–Trinajstić information content (AvgIpc) is 2.59. The fourth-order valence-corrected chi connectivity index (χ4v) is 3.48. The summed E-state index contributed by atoms with van der Waals surface area (Å²) in [5.74, 6) is 1.01. The molecule has 5 nitrogen and oxygen atoms in total. The number of hydrogen-bond donors (Lipinski definition) is 1. The lowest BCUT2D eigenvalue weighted by molar-refractivity contribution is -0.134. The van der Waals surface area contributed by atoms with Crippen LogP contribution < -0.4 is 5.32 Å². The molecule has 0 saturated carbocycles. The molecular formula is C19H29ClN4O. The van der Waals surface area contributed by atoms with Crippen LogP contribution >= 0.6 is 11.6 Å². The number of carbonyl (C=O) groups is 1. The predicted octanol–water partition coefficient (Wildman–Crippen LogP) is 3.14. The molecule has 1 saturated heterocycles. The Morgan fingerprint density at radius 2 is 2.24 bits per heavy atom. The lowest BCUT2D eigenvalue weighted by Crippen LogP contribution is -2.44. The predicted molar refractivity (Wildman–Crippen MR) is 104 cm³/mol. The summed E-state index contributed by atoms with van der Waals surface area (Å²) < 4.78 is 0. The molecule has 25 heavy (non-hydrogen) atoms. The summed E-state index contributed by atoms with van der Waals surface area (Å²) >= 11 is 6.04. The van der Waals surface area contributed by atoms with Crippen molar-refractivity contribution in [3.63, 3.8) is 0 Å². The fourth-order valence-electron chi connectivity index (χ4n) is 3.26. The van der Waals surface area contributed by atoms with Crippen molar-refractivity contribution in [2.75, 3.05) is 27.2 Å². The standard InChI is InChI=1S/C19H29ClN4O/c1-15-7-4-5-12-24(15)18(25)10-11-22-19(21-2)23(3)14-16-8-6-9-17(20)13-16/h6,8-9,13,15H,4-5,7,10-12,14H2,1-3H3,(H,21,22). The molecule has 1 heterocycles. The molecule has 1 aliphatic heterocycles. The topological polar surface area (TPSA) is 47.9 Å². The Hall–Kier alpha value is -1.75. The van der Waals surface area contributed by atoms with Crippen LogP contribution in [0.15, 0.2) is 29.3 Å². The van der Waals surface area contributed by atoms with E-state index in [2.05, 4.69) is 17.2 Å². The summed E-state index contributed by atoms with van der Waals surface area (Å²) in [5, 5.41) is 4.02. The second kappa shape index (κ2) is 9.66. The number of hydrogen-bond acceptors (Lipinski definition) is 2. The van der Waals surface area contributed by atoms with Gasteiger partial charge in [0.2, 0.25) is 5.91 Å². The van der Waals surface area contributed by atoms with Gasteiger partial charge in [-0.2, -0.15) is 0 Å². The van der Waals surface area contributed by atoms with Gasteiger partial charge in [0.25, 0.3) is 0 Å². The van der Waals surface area contributed by atoms with Crippen LogP contribution in [0.1, 0.15) is 38.2 Å². The molecule has 0 aliphatic carbocycles. The summed E-state index contributed by atoms with van der Waals surface area (Å²) in [6.07, 6.45) is 3.95. The van der Waals surface area contributed by atoms with Gasteiger partial charge in [0, 0.05) is 51.2 Å². The van der Waals surface area contributed by atoms with E-state index in [0.29, 0.717) is 25.6 Å². The third-order valence-electron chi connectivity index (χ3n) is 4.63. The van der Waals surface area contributed by atoms with Gasteiger partial charge in [0.05, 0.1) is 0 Å². The van der Waals surface area contributed by atoms with Crippen LogP contribution in [0.3, 0.4) is 0 Å². The molecule has 1 atom stereocenters. The van der Waals surface area contributed by atoms with Gasteiger partial charge in [-0.3, -0.25) is 9.79 Å². The van der Waals surface area contributed by atoms with Gasteiger partial charge >= 0.3 is 0 Å². The number of piperidine rings is 1. The lowest BCUT2D eigenvalue weighted by Gasteiger charge is -2.33. The molecule has 1 amide bonds. The lowest BCUT2D eigenvalue weighted by atomic mass is 10.0. The van der Waals surface area contributed by atoms with E-state index in [0.717, 1.165) is 35.9 Å². The Labute approximate surface area is 156 Å². The number of likely N-dealkylation sites (tertiary alicyclic amines) is 1. The minimum atomic E-state index is 0.229. The van der Waals surface area contributed by atoms with Crippen LogP contribution in [0.5, 0.6) is 0 Å². The monoisotopic (exact) mass is 364 g/mol. The van der Waals surface area contributed by atoms with E-state index >= 15 is 0 Å². The van der Waals surface area contributed by atoms with Gasteiger partial charge in [-0.15, -0.1) is 0 Å². The zero-order valence-electron chi connectivity index (χ0n) is 15.5. The van der Waals surface area contributed by atoms with Crippen molar-refractivity contribution < 1.29 is 4.79 Å². The van der Waals surface area contributed by atoms with Crippen LogP contribution in [0.25, 0.3) is 0 Å². The second-order valence-electron chi connectivity index (χ2n) is 6.64. The second-order valence-corrected chi connectivity index (χ2v) is 7.08. The molecule has 1 N–H and O–H groups in total. The number of amides is 1. The first kappa shape index (κ1) is 19.6. The summed E-state index contributed by atoms with van der Waals surface area (Å²) in [6, 6.07) is 8.17. The normalized spacial score (nSPS) is 18.2. The van der Waals surface area contributed by atoms with E-state index in [4.69, 9.17) is 11.6 Å². The van der Waals surface area contributed by atoms with Crippen LogP contribution in [-0.2, 0) is 11.3 Å². The molecule has 0 aromatic heterocycles. The third-order valence-corrected chi connectivity index (χ3v) is 4.86. The SMILES string of the molecule is CN=C(NCCC(=O)N1CCCCC1C)N(C)Cc1cccc(Cl)c1. The molecule has 1 aromatic carbocycles. The minimum absolute atomic E-state index is 0.229. The maximum Gasteiger partial charge on any atom is 0.224 e. The third kappa shape index (κ3) is 5.92. The molecule has 1 fully saturated rings. The summed E-state index contributed by atoms with van der Waals surface area (Å²) in [7, 11) is 3.73. The summed E-state index contributed by atoms with van der Waals surface area (Å²) in [4.78, 5) is 20.7. The van der Waals surface area contributed by atoms with Crippen molar-refractivity contribution in [3.8, 4) is 0 Å². The van der Waals surface area contributed by atoms with E-state index in [-0.39, 0.29) is 5.91 Å². The first-order chi connectivity index (χ1) is 12.0. The van der Waals surface area contributed by atoms with E-state index in [1.165, 1.54) is 6.42 Å². The average molecular weight is 365 g/mol. The molecule has 1 unspecified atom stereocenters. The number of carbonyl (C=O) groups excluding carboxylic acids is 1. The van der Waals surface area contributed by atoms with Gasteiger partial charge in [-0.1, -0.05) is 23.7 Å². The van der Waals surface area contributed by atoms with Crippen molar-refractivity contribution in [2.24, 2.45) is 4.99 Å². The van der Waals surface area contributed by atoms with Gasteiger partial charge in [-0.25, -0.2) is 0 Å². The number of benzene rings is 1. The number of nitrogens with zero attached hydrogens (tertiary/aromatic N) is 3. The molecule has 138 valence electrons. The van der Waals surface area contributed by atoms with Gasteiger partial charge in [0.1, 0.15) is 0 Å². The number of guanidine groups is 1. The van der Waals surface area contributed by atoms with Crippen molar-refractivity contribution in [1.82, 2.24) is 15.1 Å². The number of halogens is 1. The molecule has 2 rings (SSSR count). The van der Waals surface area contributed by atoms with Crippen LogP contribution in [0.2, 0.25) is 5.02 Å². The van der Waals surface area contributed by atoms with Gasteiger partial charge in [0.15, 0.2) is 5.96 Å². The van der Waals surface area contributed by atoms with E-state index in [1.807, 2.05) is 41.1 Å². The molecule has 0 spiro atoms. The minimum Gasteiger partial charge on any atom is -0.356 e. The maximum atomic E-state index is 12.4. The number of rotatable bonds is 5. The van der Waals surface area contributed by atoms with Crippen molar-refractivity contribution in [1.29, 1.82) is 0 Å². The Bertz CT molecular complexity index is 605. The zero-order valence-corrected chi connectivity index (χ0v) is 16.2. The first-order valence-corrected chi connectivity index (χ1v) is 9.34. The molecular weight excluding hydrogens is 336 g/mol. The smallest absolute Gasteiger partial charge is 0.224 e. The van der Waals surface area contributed by atoms with Crippen LogP contribution in [0.4, 0.5) is 0 Å². The highest BCUT2D eigenvalue weighted by Gasteiger charge is 2.22. The van der Waals surface area contributed by atoms with Crippen LogP contribution in [-0.4, -0.2) is 54.9 Å². The molecule has 1 aromatic rings. The van der Waals surface area contributed by atoms with E-state index < -0.39 is 0 Å². The molecule has 0 bridgehead atoms. The van der Waals surface area contributed by atoms with Crippen molar-refractivity contribution >= 4 is 23.5 Å². The van der Waals surface area contributed by atoms with E-state index in [1.54, 1.807) is 7.05 Å². The first-order valence-electron chi connectivity index (χ1n) is 8.97. The molecule has 1 aliphatic rings. The highest BCUT2D eigenvalue weighted by molar-refractivity contribution is 6.30. The Morgan fingerprint density at radius 1 is 1.44 bits per heavy atom. The van der Waals surface area contributed by atoms with Crippen LogP contribution in [0, 0.1) is 0 Å². The Kier molecular flexibility index (Phi) is 7.56.